The average Bonchev–Trinajstić information content (AvgIpc) is 3.19. The Labute approximate surface area is 198 Å². The van der Waals surface area contributed by atoms with Crippen molar-refractivity contribution in [3.05, 3.63) is 99.6 Å². The summed E-state index contributed by atoms with van der Waals surface area (Å²) in [5, 5.41) is 32.1. The fourth-order valence-corrected chi connectivity index (χ4v) is 4.50. The molecular weight excluding hydrogens is 430 g/mol. The Morgan fingerprint density at radius 2 is 1.79 bits per heavy atom. The molecule has 1 saturated heterocycles. The maximum absolute atomic E-state index is 11.4. The topological polar surface area (TPSA) is 103 Å². The summed E-state index contributed by atoms with van der Waals surface area (Å²) in [5.41, 5.74) is 5.54. The van der Waals surface area contributed by atoms with Gasteiger partial charge in [-0.05, 0) is 29.3 Å². The van der Waals surface area contributed by atoms with E-state index < -0.39 is 11.2 Å². The van der Waals surface area contributed by atoms with E-state index in [9.17, 15) is 15.2 Å². The number of nitro groups is 1. The zero-order valence-corrected chi connectivity index (χ0v) is 18.7. The number of fused-ring (bicyclic) bond motifs is 1. The van der Waals surface area contributed by atoms with Crippen LogP contribution in [0.2, 0.25) is 0 Å². The first-order chi connectivity index (χ1) is 16.6. The Hall–Kier alpha value is -3.72. The summed E-state index contributed by atoms with van der Waals surface area (Å²) < 4.78 is 0. The number of anilines is 2. The van der Waals surface area contributed by atoms with Gasteiger partial charge in [0.25, 0.3) is 5.69 Å². The van der Waals surface area contributed by atoms with Gasteiger partial charge < -0.3 is 21.1 Å². The highest BCUT2D eigenvalue weighted by Gasteiger charge is 2.30. The van der Waals surface area contributed by atoms with Crippen molar-refractivity contribution in [3.63, 3.8) is 0 Å². The summed E-state index contributed by atoms with van der Waals surface area (Å²) >= 11 is 0. The second kappa shape index (κ2) is 9.64. The Bertz CT molecular complexity index is 1200. The summed E-state index contributed by atoms with van der Waals surface area (Å²) in [5.74, 6) is 0. The van der Waals surface area contributed by atoms with Gasteiger partial charge >= 0.3 is 0 Å². The van der Waals surface area contributed by atoms with Crippen LogP contribution in [0.1, 0.15) is 16.7 Å². The molecule has 0 saturated carbocycles. The first-order valence-corrected chi connectivity index (χ1v) is 11.4. The van der Waals surface area contributed by atoms with Gasteiger partial charge in [-0.3, -0.25) is 15.0 Å². The van der Waals surface area contributed by atoms with Crippen LogP contribution in [0, 0.1) is 10.1 Å². The van der Waals surface area contributed by atoms with Crippen LogP contribution >= 0.6 is 0 Å². The minimum Gasteiger partial charge on any atom is -0.369 e. The molecule has 2 aliphatic heterocycles. The van der Waals surface area contributed by atoms with E-state index >= 15 is 0 Å². The van der Waals surface area contributed by atoms with Crippen LogP contribution in [0.5, 0.6) is 0 Å². The number of non-ortho nitro benzene ring substituents is 1. The first-order valence-electron chi connectivity index (χ1n) is 11.4. The molecule has 8 heteroatoms. The second-order valence-corrected chi connectivity index (χ2v) is 8.54. The van der Waals surface area contributed by atoms with Crippen molar-refractivity contribution in [1.29, 1.82) is 0 Å². The number of rotatable bonds is 6. The summed E-state index contributed by atoms with van der Waals surface area (Å²) in [4.78, 5) is 13.4. The van der Waals surface area contributed by atoms with Crippen LogP contribution in [0.15, 0.2) is 72.8 Å². The predicted molar refractivity (Wildman–Crippen MR) is 134 cm³/mol. The molecule has 2 heterocycles. The molecule has 174 valence electrons. The Kier molecular flexibility index (Phi) is 6.27. The van der Waals surface area contributed by atoms with Crippen LogP contribution in [0.3, 0.4) is 0 Å². The number of nitro benzene ring substituents is 1. The molecule has 3 aromatic carbocycles. The monoisotopic (exact) mass is 457 g/mol. The molecule has 3 aromatic rings. The Balaban J connectivity index is 1.49. The minimum absolute atomic E-state index is 0.0168. The molecule has 0 aliphatic carbocycles. The van der Waals surface area contributed by atoms with Crippen LogP contribution in [-0.2, 0) is 6.54 Å². The molecule has 34 heavy (non-hydrogen) atoms. The molecule has 0 aromatic heterocycles. The van der Waals surface area contributed by atoms with Crippen LogP contribution in [0.25, 0.3) is 11.3 Å². The van der Waals surface area contributed by atoms with E-state index in [0.717, 1.165) is 44.0 Å². The van der Waals surface area contributed by atoms with Crippen molar-refractivity contribution in [2.75, 3.05) is 36.8 Å². The van der Waals surface area contributed by atoms with E-state index in [0.29, 0.717) is 22.5 Å². The number of hydrogen-bond donors (Lipinski definition) is 4. The van der Waals surface area contributed by atoms with Crippen molar-refractivity contribution in [2.24, 2.45) is 0 Å². The number of nitrogens with one attached hydrogen (secondary N) is 3. The molecule has 0 spiro atoms. The zero-order chi connectivity index (χ0) is 23.5. The molecule has 1 atom stereocenters. The van der Waals surface area contributed by atoms with E-state index in [4.69, 9.17) is 0 Å². The summed E-state index contributed by atoms with van der Waals surface area (Å²) in [7, 11) is 0. The van der Waals surface area contributed by atoms with Crippen molar-refractivity contribution in [2.45, 2.75) is 12.8 Å². The summed E-state index contributed by atoms with van der Waals surface area (Å²) in [6, 6.07) is 22.6. The second-order valence-electron chi connectivity index (χ2n) is 8.54. The average molecular weight is 458 g/mol. The third-order valence-electron chi connectivity index (χ3n) is 6.24. The zero-order valence-electron chi connectivity index (χ0n) is 18.7. The lowest BCUT2D eigenvalue weighted by molar-refractivity contribution is -0.384. The summed E-state index contributed by atoms with van der Waals surface area (Å²) in [6.45, 7) is 5.03. The first kappa shape index (κ1) is 22.1. The molecule has 0 radical (unpaired) electrons. The quantitative estimate of drug-likeness (QED) is 0.330. The molecule has 1 unspecified atom stereocenters. The van der Waals surface area contributed by atoms with Gasteiger partial charge in [0.2, 0.25) is 0 Å². The lowest BCUT2D eigenvalue weighted by atomic mass is 9.99. The standard InChI is InChI=1S/C26H27N5O3/c32-26-24(22-16-21(31(33)34)10-11-23(22)29-26)25(19-4-2-1-3-5-19)28-20-8-6-18(7-9-20)17-30-14-12-27-13-15-30/h1-11,16,26-29,32H,12-15,17H2/b25-24-. The van der Waals surface area contributed by atoms with Gasteiger partial charge in [-0.25, -0.2) is 0 Å². The summed E-state index contributed by atoms with van der Waals surface area (Å²) in [6.07, 6.45) is -0.994. The van der Waals surface area contributed by atoms with Crippen LogP contribution in [0.4, 0.5) is 17.1 Å². The van der Waals surface area contributed by atoms with E-state index in [1.165, 1.54) is 17.7 Å². The SMILES string of the molecule is O=[N+]([O-])c1ccc2c(c1)/C(=C(/Nc1ccc(CN3CCNCC3)cc1)c1ccccc1)C(O)N2. The van der Waals surface area contributed by atoms with Crippen molar-refractivity contribution in [1.82, 2.24) is 10.2 Å². The van der Waals surface area contributed by atoms with E-state index in [1.54, 1.807) is 6.07 Å². The normalized spacial score (nSPS) is 19.3. The van der Waals surface area contributed by atoms with Gasteiger partial charge in [0.05, 0.1) is 10.6 Å². The highest BCUT2D eigenvalue weighted by Crippen LogP contribution is 2.41. The number of hydrogen-bond acceptors (Lipinski definition) is 7. The number of nitrogens with zero attached hydrogens (tertiary/aromatic N) is 2. The van der Waals surface area contributed by atoms with Crippen molar-refractivity contribution in [3.8, 4) is 0 Å². The number of benzene rings is 3. The van der Waals surface area contributed by atoms with Gasteiger partial charge in [0.1, 0.15) is 0 Å². The maximum Gasteiger partial charge on any atom is 0.270 e. The Morgan fingerprint density at radius 3 is 2.50 bits per heavy atom. The predicted octanol–water partition coefficient (Wildman–Crippen LogP) is 3.72. The molecule has 2 aliphatic rings. The van der Waals surface area contributed by atoms with Crippen molar-refractivity contribution < 1.29 is 10.0 Å². The molecule has 4 N–H and O–H groups in total. The third-order valence-corrected chi connectivity index (χ3v) is 6.24. The number of piperazine rings is 1. The molecule has 1 fully saturated rings. The van der Waals surface area contributed by atoms with Gasteiger partial charge in [-0.1, -0.05) is 42.5 Å². The van der Waals surface area contributed by atoms with Gasteiger partial charge in [-0.15, -0.1) is 0 Å². The van der Waals surface area contributed by atoms with Crippen LogP contribution < -0.4 is 16.0 Å². The lowest BCUT2D eigenvalue weighted by Gasteiger charge is -2.27. The smallest absolute Gasteiger partial charge is 0.270 e. The largest absolute Gasteiger partial charge is 0.369 e. The highest BCUT2D eigenvalue weighted by atomic mass is 16.6. The molecule has 0 bridgehead atoms. The van der Waals surface area contributed by atoms with Crippen LogP contribution in [-0.4, -0.2) is 47.3 Å². The molecule has 8 nitrogen and oxygen atoms in total. The Morgan fingerprint density at radius 1 is 1.06 bits per heavy atom. The van der Waals surface area contributed by atoms with Gasteiger partial charge in [0, 0.05) is 67.4 Å². The highest BCUT2D eigenvalue weighted by molar-refractivity contribution is 6.03. The molecule has 5 rings (SSSR count). The third kappa shape index (κ3) is 4.65. The fraction of sp³-hybridized carbons (Fsp3) is 0.231. The fourth-order valence-electron chi connectivity index (χ4n) is 4.50. The van der Waals surface area contributed by atoms with Crippen molar-refractivity contribution >= 4 is 28.3 Å². The minimum atomic E-state index is -0.994. The molecular formula is C26H27N5O3. The number of aliphatic hydroxyl groups is 1. The molecule has 0 amide bonds. The van der Waals surface area contributed by atoms with E-state index in [-0.39, 0.29) is 5.69 Å². The lowest BCUT2D eigenvalue weighted by Crippen LogP contribution is -2.42. The maximum atomic E-state index is 11.4. The van der Waals surface area contributed by atoms with Gasteiger partial charge in [0.15, 0.2) is 6.23 Å². The van der Waals surface area contributed by atoms with Gasteiger partial charge in [-0.2, -0.15) is 0 Å². The van der Waals surface area contributed by atoms with E-state index in [2.05, 4.69) is 33.0 Å². The van der Waals surface area contributed by atoms with E-state index in [1.807, 2.05) is 42.5 Å². The number of aliphatic hydroxyl groups excluding tert-OH is 1.